The molecule has 1 aliphatic carbocycles. The van der Waals surface area contributed by atoms with E-state index in [0.717, 1.165) is 29.8 Å². The molecule has 2 amide bonds. The third-order valence-electron chi connectivity index (χ3n) is 4.96. The van der Waals surface area contributed by atoms with E-state index in [-0.39, 0.29) is 12.1 Å². The van der Waals surface area contributed by atoms with E-state index >= 15 is 0 Å². The summed E-state index contributed by atoms with van der Waals surface area (Å²) in [4.78, 5) is 14.7. The highest BCUT2D eigenvalue weighted by molar-refractivity contribution is 5.92. The molecule has 4 nitrogen and oxygen atoms in total. The van der Waals surface area contributed by atoms with Crippen LogP contribution in [0, 0.1) is 0 Å². The van der Waals surface area contributed by atoms with Gasteiger partial charge in [0.05, 0.1) is 7.11 Å². The maximum absolute atomic E-state index is 13.0. The van der Waals surface area contributed by atoms with E-state index in [1.165, 1.54) is 19.3 Å². The first-order valence-electron chi connectivity index (χ1n) is 9.70. The van der Waals surface area contributed by atoms with Crippen molar-refractivity contribution in [1.82, 2.24) is 5.32 Å². The fourth-order valence-electron chi connectivity index (χ4n) is 3.43. The van der Waals surface area contributed by atoms with Crippen molar-refractivity contribution in [2.24, 2.45) is 0 Å². The largest absolute Gasteiger partial charge is 0.497 e. The molecular formula is C23H28N2O2. The minimum Gasteiger partial charge on any atom is -0.497 e. The van der Waals surface area contributed by atoms with E-state index in [0.29, 0.717) is 6.54 Å². The summed E-state index contributed by atoms with van der Waals surface area (Å²) in [7, 11) is 1.64. The molecule has 0 spiro atoms. The van der Waals surface area contributed by atoms with Gasteiger partial charge in [-0.3, -0.25) is 4.90 Å². The van der Waals surface area contributed by atoms with Crippen LogP contribution in [0.4, 0.5) is 10.5 Å². The van der Waals surface area contributed by atoms with Crippen LogP contribution < -0.4 is 15.0 Å². The Hall–Kier alpha value is -2.75. The van der Waals surface area contributed by atoms with Crippen molar-refractivity contribution in [3.63, 3.8) is 0 Å². The molecule has 1 N–H and O–H groups in total. The van der Waals surface area contributed by atoms with E-state index in [1.807, 2.05) is 54.6 Å². The van der Waals surface area contributed by atoms with E-state index in [9.17, 15) is 4.79 Å². The highest BCUT2D eigenvalue weighted by atomic mass is 16.5. The second-order valence-electron chi connectivity index (χ2n) is 6.91. The molecule has 0 unspecified atom stereocenters. The Morgan fingerprint density at radius 3 is 2.44 bits per heavy atom. The topological polar surface area (TPSA) is 41.6 Å². The average Bonchev–Trinajstić information content (AvgIpc) is 2.73. The van der Waals surface area contributed by atoms with Crippen LogP contribution >= 0.6 is 0 Å². The number of anilines is 1. The van der Waals surface area contributed by atoms with Gasteiger partial charge in [0.1, 0.15) is 5.75 Å². The fourth-order valence-corrected chi connectivity index (χ4v) is 3.43. The Bertz CT molecular complexity index is 735. The molecule has 4 heteroatoms. The van der Waals surface area contributed by atoms with Gasteiger partial charge in [-0.25, -0.2) is 4.79 Å². The van der Waals surface area contributed by atoms with Crippen molar-refractivity contribution < 1.29 is 9.53 Å². The second kappa shape index (κ2) is 9.81. The van der Waals surface area contributed by atoms with Crippen LogP contribution in [0.1, 0.15) is 37.7 Å². The van der Waals surface area contributed by atoms with E-state index in [4.69, 9.17) is 4.74 Å². The number of methoxy groups -OCH3 is 1. The monoisotopic (exact) mass is 364 g/mol. The van der Waals surface area contributed by atoms with Gasteiger partial charge in [0.15, 0.2) is 0 Å². The zero-order chi connectivity index (χ0) is 18.9. The first-order valence-corrected chi connectivity index (χ1v) is 9.70. The molecule has 0 bridgehead atoms. The lowest BCUT2D eigenvalue weighted by Gasteiger charge is -2.28. The van der Waals surface area contributed by atoms with Gasteiger partial charge in [-0.2, -0.15) is 0 Å². The lowest BCUT2D eigenvalue weighted by molar-refractivity contribution is 0.239. The van der Waals surface area contributed by atoms with Gasteiger partial charge >= 0.3 is 6.03 Å². The third-order valence-corrected chi connectivity index (χ3v) is 4.96. The van der Waals surface area contributed by atoms with Crippen molar-refractivity contribution in [3.8, 4) is 5.75 Å². The van der Waals surface area contributed by atoms with Gasteiger partial charge < -0.3 is 10.1 Å². The third kappa shape index (κ3) is 5.61. The van der Waals surface area contributed by atoms with Gasteiger partial charge in [0.2, 0.25) is 0 Å². The first-order chi connectivity index (χ1) is 13.3. The molecule has 2 aromatic carbocycles. The predicted octanol–water partition coefficient (Wildman–Crippen LogP) is 5.26. The molecule has 3 rings (SSSR count). The van der Waals surface area contributed by atoms with Gasteiger partial charge in [0, 0.05) is 18.3 Å². The maximum atomic E-state index is 13.0. The Kier molecular flexibility index (Phi) is 6.91. The van der Waals surface area contributed by atoms with Crippen molar-refractivity contribution in [2.45, 2.75) is 38.1 Å². The molecule has 0 saturated heterocycles. The number of nitrogens with one attached hydrogen (secondary N) is 1. The number of urea groups is 1. The molecule has 142 valence electrons. The van der Waals surface area contributed by atoms with Crippen molar-refractivity contribution in [2.75, 3.05) is 18.6 Å². The van der Waals surface area contributed by atoms with Crippen molar-refractivity contribution in [3.05, 3.63) is 66.2 Å². The minimum atomic E-state index is -0.0372. The molecule has 1 saturated carbocycles. The number of benzene rings is 2. The molecule has 0 aliphatic heterocycles. The lowest BCUT2D eigenvalue weighted by Crippen LogP contribution is -2.45. The van der Waals surface area contributed by atoms with Crippen LogP contribution in [0.3, 0.4) is 0 Å². The molecule has 0 atom stereocenters. The van der Waals surface area contributed by atoms with Crippen LogP contribution in [0.25, 0.3) is 6.08 Å². The molecule has 27 heavy (non-hydrogen) atoms. The SMILES string of the molecule is COc1ccc(N(C/C=C/c2ccccc2)C(=O)NC2CCCCC2)cc1. The van der Waals surface area contributed by atoms with Gasteiger partial charge in [-0.1, -0.05) is 61.7 Å². The van der Waals surface area contributed by atoms with E-state index in [1.54, 1.807) is 12.0 Å². The number of nitrogens with zero attached hydrogens (tertiary/aromatic N) is 1. The summed E-state index contributed by atoms with van der Waals surface area (Å²) in [5.74, 6) is 0.784. The zero-order valence-electron chi connectivity index (χ0n) is 15.9. The van der Waals surface area contributed by atoms with Gasteiger partial charge in [-0.15, -0.1) is 0 Å². The molecule has 1 aliphatic rings. The molecular weight excluding hydrogens is 336 g/mol. The number of amides is 2. The Morgan fingerprint density at radius 1 is 1.07 bits per heavy atom. The van der Waals surface area contributed by atoms with Crippen molar-refractivity contribution in [1.29, 1.82) is 0 Å². The molecule has 0 heterocycles. The smallest absolute Gasteiger partial charge is 0.322 e. The zero-order valence-corrected chi connectivity index (χ0v) is 15.9. The minimum absolute atomic E-state index is 0.0372. The summed E-state index contributed by atoms with van der Waals surface area (Å²) in [6, 6.07) is 18.0. The Morgan fingerprint density at radius 2 is 1.78 bits per heavy atom. The molecule has 0 aromatic heterocycles. The van der Waals surface area contributed by atoms with Gasteiger partial charge in [-0.05, 0) is 42.7 Å². The Labute approximate surface area is 161 Å². The molecule has 1 fully saturated rings. The van der Waals surface area contributed by atoms with Crippen LogP contribution in [0.5, 0.6) is 5.75 Å². The lowest BCUT2D eigenvalue weighted by atomic mass is 9.96. The second-order valence-corrected chi connectivity index (χ2v) is 6.91. The van der Waals surface area contributed by atoms with Gasteiger partial charge in [0.25, 0.3) is 0 Å². The summed E-state index contributed by atoms with van der Waals surface area (Å²) in [5, 5.41) is 3.22. The number of ether oxygens (including phenoxy) is 1. The van der Waals surface area contributed by atoms with Crippen LogP contribution in [0.2, 0.25) is 0 Å². The number of rotatable bonds is 6. The van der Waals surface area contributed by atoms with E-state index in [2.05, 4.69) is 17.4 Å². The maximum Gasteiger partial charge on any atom is 0.322 e. The Balaban J connectivity index is 1.72. The number of carbonyl (C=O) groups excluding carboxylic acids is 1. The number of hydrogen-bond acceptors (Lipinski definition) is 2. The normalized spacial score (nSPS) is 14.9. The van der Waals surface area contributed by atoms with Crippen molar-refractivity contribution >= 4 is 17.8 Å². The summed E-state index contributed by atoms with van der Waals surface area (Å²) < 4.78 is 5.24. The summed E-state index contributed by atoms with van der Waals surface area (Å²) >= 11 is 0. The summed E-state index contributed by atoms with van der Waals surface area (Å²) in [6.07, 6.45) is 9.88. The van der Waals surface area contributed by atoms with E-state index < -0.39 is 0 Å². The predicted molar refractivity (Wildman–Crippen MR) is 111 cm³/mol. The summed E-state index contributed by atoms with van der Waals surface area (Å²) in [5.41, 5.74) is 1.99. The highest BCUT2D eigenvalue weighted by Crippen LogP contribution is 2.21. The first kappa shape index (κ1) is 19.0. The highest BCUT2D eigenvalue weighted by Gasteiger charge is 2.20. The molecule has 2 aromatic rings. The van der Waals surface area contributed by atoms with Crippen LogP contribution in [-0.2, 0) is 0 Å². The van der Waals surface area contributed by atoms with Crippen LogP contribution in [-0.4, -0.2) is 25.7 Å². The van der Waals surface area contributed by atoms with Crippen LogP contribution in [0.15, 0.2) is 60.7 Å². The molecule has 0 radical (unpaired) electrons. The number of carbonyl (C=O) groups is 1. The fraction of sp³-hybridized carbons (Fsp3) is 0.348. The standard InChI is InChI=1S/C23H28N2O2/c1-27-22-16-14-21(15-17-22)25(18-8-11-19-9-4-2-5-10-19)23(26)24-20-12-6-3-7-13-20/h2,4-5,8-11,14-17,20H,3,6-7,12-13,18H2,1H3,(H,24,26)/b11-8+. The quantitative estimate of drug-likeness (QED) is 0.760. The average molecular weight is 364 g/mol. The number of hydrogen-bond donors (Lipinski definition) is 1. The summed E-state index contributed by atoms with van der Waals surface area (Å²) in [6.45, 7) is 0.514.